The highest BCUT2D eigenvalue weighted by molar-refractivity contribution is 5.80. The number of nitrogens with one attached hydrogen (secondary N) is 2. The van der Waals surface area contributed by atoms with Crippen molar-refractivity contribution in [2.75, 3.05) is 37.7 Å². The highest BCUT2D eigenvalue weighted by Crippen LogP contribution is 2.26. The van der Waals surface area contributed by atoms with Gasteiger partial charge in [-0.15, -0.1) is 0 Å². The van der Waals surface area contributed by atoms with Crippen LogP contribution in [0.15, 0.2) is 47.6 Å². The van der Waals surface area contributed by atoms with Crippen molar-refractivity contribution in [2.24, 2.45) is 4.99 Å². The molecule has 2 aliphatic rings. The number of rotatable bonds is 6. The Hall–Kier alpha value is -2.76. The van der Waals surface area contributed by atoms with Crippen LogP contribution in [0.2, 0.25) is 0 Å². The van der Waals surface area contributed by atoms with E-state index < -0.39 is 0 Å². The Morgan fingerprint density at radius 1 is 1.24 bits per heavy atom. The molecule has 4 rings (SSSR count). The molecule has 1 aromatic heterocycles. The smallest absolute Gasteiger partial charge is 0.191 e. The Morgan fingerprint density at radius 3 is 2.93 bits per heavy atom. The van der Waals surface area contributed by atoms with Crippen LogP contribution in [0.25, 0.3) is 0 Å². The summed E-state index contributed by atoms with van der Waals surface area (Å²) in [6.45, 7) is 6.61. The number of guanidine groups is 1. The summed E-state index contributed by atoms with van der Waals surface area (Å²) in [5.74, 6) is 3.05. The number of hydrogen-bond donors (Lipinski definition) is 2. The van der Waals surface area contributed by atoms with Gasteiger partial charge in [0.05, 0.1) is 6.61 Å². The number of nitrogens with zero attached hydrogens (tertiary/aromatic N) is 3. The molecule has 1 saturated heterocycles. The topological polar surface area (TPSA) is 61.8 Å². The summed E-state index contributed by atoms with van der Waals surface area (Å²) in [4.78, 5) is 11.6. The van der Waals surface area contributed by atoms with Gasteiger partial charge in [-0.3, -0.25) is 4.99 Å². The Labute approximate surface area is 173 Å². The molecule has 2 aromatic rings. The first kappa shape index (κ1) is 19.6. The largest absolute Gasteiger partial charge is 0.493 e. The second-order valence-electron chi connectivity index (χ2n) is 7.64. The lowest BCUT2D eigenvalue weighted by molar-refractivity contribution is 0.357. The summed E-state index contributed by atoms with van der Waals surface area (Å²) in [7, 11) is 0. The third kappa shape index (κ3) is 5.19. The van der Waals surface area contributed by atoms with E-state index in [0.717, 1.165) is 76.0 Å². The summed E-state index contributed by atoms with van der Waals surface area (Å²) in [5, 5.41) is 7.02. The molecule has 0 saturated carbocycles. The first-order valence-electron chi connectivity index (χ1n) is 10.8. The molecule has 3 heterocycles. The van der Waals surface area contributed by atoms with Crippen LogP contribution >= 0.6 is 0 Å². The lowest BCUT2D eigenvalue weighted by Gasteiger charge is -2.33. The molecule has 0 spiro atoms. The quantitative estimate of drug-likeness (QED) is 0.584. The number of fused-ring (bicyclic) bond motifs is 1. The van der Waals surface area contributed by atoms with Crippen LogP contribution in [0, 0.1) is 0 Å². The van der Waals surface area contributed by atoms with Crippen LogP contribution in [0.3, 0.4) is 0 Å². The molecule has 6 heteroatoms. The number of aliphatic imine (C=N–C) groups is 1. The van der Waals surface area contributed by atoms with Gasteiger partial charge in [0.15, 0.2) is 5.96 Å². The fourth-order valence-corrected chi connectivity index (χ4v) is 4.00. The van der Waals surface area contributed by atoms with Gasteiger partial charge in [0.25, 0.3) is 0 Å². The molecule has 0 radical (unpaired) electrons. The van der Waals surface area contributed by atoms with Crippen molar-refractivity contribution in [3.05, 3.63) is 53.7 Å². The first-order chi connectivity index (χ1) is 14.3. The van der Waals surface area contributed by atoms with Gasteiger partial charge in [0, 0.05) is 44.8 Å². The minimum atomic E-state index is 0.449. The van der Waals surface area contributed by atoms with Gasteiger partial charge >= 0.3 is 0 Å². The molecule has 2 aliphatic heterocycles. The molecule has 0 atom stereocenters. The number of pyridine rings is 1. The fraction of sp³-hybridized carbons (Fsp3) is 0.478. The summed E-state index contributed by atoms with van der Waals surface area (Å²) in [5.41, 5.74) is 2.66. The van der Waals surface area contributed by atoms with Crippen LogP contribution in [0.4, 0.5) is 5.82 Å². The first-order valence-corrected chi connectivity index (χ1v) is 10.8. The van der Waals surface area contributed by atoms with Gasteiger partial charge in [-0.25, -0.2) is 4.98 Å². The molecule has 2 N–H and O–H groups in total. The highest BCUT2D eigenvalue weighted by Gasteiger charge is 2.20. The van der Waals surface area contributed by atoms with Crippen LogP contribution in [0.1, 0.15) is 30.9 Å². The van der Waals surface area contributed by atoms with Gasteiger partial charge < -0.3 is 20.3 Å². The molecular formula is C23H31N5O. The number of piperidine rings is 1. The van der Waals surface area contributed by atoms with Crippen molar-refractivity contribution in [1.29, 1.82) is 0 Å². The van der Waals surface area contributed by atoms with Crippen LogP contribution in [0.5, 0.6) is 5.75 Å². The highest BCUT2D eigenvalue weighted by atomic mass is 16.5. The van der Waals surface area contributed by atoms with E-state index in [1.807, 2.05) is 12.3 Å². The van der Waals surface area contributed by atoms with Crippen molar-refractivity contribution in [1.82, 2.24) is 15.6 Å². The van der Waals surface area contributed by atoms with Crippen molar-refractivity contribution in [2.45, 2.75) is 38.6 Å². The summed E-state index contributed by atoms with van der Waals surface area (Å²) in [6.07, 6.45) is 6.01. The molecule has 1 fully saturated rings. The molecule has 0 bridgehead atoms. The summed E-state index contributed by atoms with van der Waals surface area (Å²) in [6, 6.07) is 13.1. The van der Waals surface area contributed by atoms with E-state index in [1.165, 1.54) is 11.1 Å². The van der Waals surface area contributed by atoms with Crippen LogP contribution < -0.4 is 20.3 Å². The number of anilines is 1. The maximum absolute atomic E-state index is 5.59. The van der Waals surface area contributed by atoms with E-state index in [4.69, 9.17) is 9.73 Å². The third-order valence-corrected chi connectivity index (χ3v) is 5.58. The standard InChI is InChI=1S/C23H31N5O/c1-2-24-23(26-13-8-18-6-7-21-19(17-18)11-16-29-21)27-20-9-14-28(15-10-20)22-5-3-4-12-25-22/h3-7,12,17,20H,2,8-11,13-16H2,1H3,(H2,24,26,27). The van der Waals surface area contributed by atoms with Gasteiger partial charge in [-0.2, -0.15) is 0 Å². The fourth-order valence-electron chi connectivity index (χ4n) is 4.00. The van der Waals surface area contributed by atoms with Gasteiger partial charge in [-0.05, 0) is 55.5 Å². The number of aromatic nitrogens is 1. The van der Waals surface area contributed by atoms with E-state index in [2.05, 4.69) is 57.8 Å². The Morgan fingerprint density at radius 2 is 2.14 bits per heavy atom. The van der Waals surface area contributed by atoms with E-state index in [0.29, 0.717) is 6.04 Å². The van der Waals surface area contributed by atoms with E-state index >= 15 is 0 Å². The lowest BCUT2D eigenvalue weighted by Crippen LogP contribution is -2.49. The van der Waals surface area contributed by atoms with Crippen molar-refractivity contribution in [3.63, 3.8) is 0 Å². The molecule has 0 aliphatic carbocycles. The summed E-state index contributed by atoms with van der Waals surface area (Å²) >= 11 is 0. The number of hydrogen-bond acceptors (Lipinski definition) is 4. The van der Waals surface area contributed by atoms with E-state index in [9.17, 15) is 0 Å². The van der Waals surface area contributed by atoms with Crippen molar-refractivity contribution in [3.8, 4) is 5.75 Å². The van der Waals surface area contributed by atoms with Crippen molar-refractivity contribution < 1.29 is 4.74 Å². The Kier molecular flexibility index (Phi) is 6.49. The van der Waals surface area contributed by atoms with Crippen molar-refractivity contribution >= 4 is 11.8 Å². The normalized spacial score (nSPS) is 17.0. The van der Waals surface area contributed by atoms with Gasteiger partial charge in [-0.1, -0.05) is 18.2 Å². The molecule has 1 aromatic carbocycles. The minimum absolute atomic E-state index is 0.449. The number of benzene rings is 1. The number of ether oxygens (including phenoxy) is 1. The maximum Gasteiger partial charge on any atom is 0.191 e. The SMILES string of the molecule is CCNC(=NCCc1ccc2c(c1)CCO2)NC1CCN(c2ccccn2)CC1. The molecule has 0 amide bonds. The Balaban J connectivity index is 1.27. The monoisotopic (exact) mass is 393 g/mol. The Bertz CT molecular complexity index is 815. The second-order valence-corrected chi connectivity index (χ2v) is 7.64. The average Bonchev–Trinajstić information content (AvgIpc) is 3.23. The van der Waals surface area contributed by atoms with E-state index in [1.54, 1.807) is 0 Å². The van der Waals surface area contributed by atoms with Crippen LogP contribution in [-0.2, 0) is 12.8 Å². The van der Waals surface area contributed by atoms with Gasteiger partial charge in [0.1, 0.15) is 11.6 Å². The molecule has 154 valence electrons. The predicted molar refractivity (Wildman–Crippen MR) is 118 cm³/mol. The zero-order valence-corrected chi connectivity index (χ0v) is 17.2. The zero-order valence-electron chi connectivity index (χ0n) is 17.2. The van der Waals surface area contributed by atoms with Gasteiger partial charge in [0.2, 0.25) is 0 Å². The maximum atomic E-state index is 5.59. The molecular weight excluding hydrogens is 362 g/mol. The average molecular weight is 394 g/mol. The third-order valence-electron chi connectivity index (χ3n) is 5.58. The minimum Gasteiger partial charge on any atom is -0.493 e. The molecule has 0 unspecified atom stereocenters. The molecule has 29 heavy (non-hydrogen) atoms. The predicted octanol–water partition coefficient (Wildman–Crippen LogP) is 2.78. The van der Waals surface area contributed by atoms with Crippen LogP contribution in [-0.4, -0.2) is 49.8 Å². The second kappa shape index (κ2) is 9.63. The zero-order chi connectivity index (χ0) is 19.9. The summed E-state index contributed by atoms with van der Waals surface area (Å²) < 4.78 is 5.59. The van der Waals surface area contributed by atoms with E-state index in [-0.39, 0.29) is 0 Å². The molecule has 6 nitrogen and oxygen atoms in total. The lowest BCUT2D eigenvalue weighted by atomic mass is 10.1.